The van der Waals surface area contributed by atoms with Crippen LogP contribution >= 0.6 is 0 Å². The van der Waals surface area contributed by atoms with Crippen LogP contribution in [0.5, 0.6) is 5.75 Å². The van der Waals surface area contributed by atoms with Crippen molar-refractivity contribution in [3.8, 4) is 17.1 Å². The molecule has 0 radical (unpaired) electrons. The molecule has 1 N–H and O–H groups in total. The number of aliphatic hydroxyl groups excluding tert-OH is 1. The third kappa shape index (κ3) is 2.32. The molecule has 0 unspecified atom stereocenters. The lowest BCUT2D eigenvalue weighted by atomic mass is 10.1. The van der Waals surface area contributed by atoms with E-state index in [9.17, 15) is 9.50 Å². The standard InChI is InChI=1S/C16H17FN2O4/c1-21-13-6-9(17)2-3-10(13)16-18-4-5-19(16)11-7-22-15-12(20)8-23-14(11)15/h2-6,11-12,14-15,20H,7-8H2,1H3/t11-,12-,14-,15-/m1/s1. The quantitative estimate of drug-likeness (QED) is 0.926. The van der Waals surface area contributed by atoms with Gasteiger partial charge in [-0.1, -0.05) is 0 Å². The summed E-state index contributed by atoms with van der Waals surface area (Å²) in [4.78, 5) is 4.39. The Balaban J connectivity index is 1.72. The Morgan fingerprint density at radius 2 is 2.13 bits per heavy atom. The third-order valence-electron chi connectivity index (χ3n) is 4.43. The van der Waals surface area contributed by atoms with E-state index in [0.717, 1.165) is 0 Å². The van der Waals surface area contributed by atoms with Crippen molar-refractivity contribution in [1.82, 2.24) is 9.55 Å². The van der Waals surface area contributed by atoms with Crippen LogP contribution in [0, 0.1) is 5.82 Å². The first kappa shape index (κ1) is 14.6. The van der Waals surface area contributed by atoms with Gasteiger partial charge in [-0.3, -0.25) is 0 Å². The van der Waals surface area contributed by atoms with Crippen LogP contribution < -0.4 is 4.74 Å². The van der Waals surface area contributed by atoms with Crippen molar-refractivity contribution in [3.63, 3.8) is 0 Å². The van der Waals surface area contributed by atoms with Crippen molar-refractivity contribution in [1.29, 1.82) is 0 Å². The molecule has 0 amide bonds. The maximum Gasteiger partial charge on any atom is 0.144 e. The maximum absolute atomic E-state index is 13.4. The summed E-state index contributed by atoms with van der Waals surface area (Å²) in [5, 5.41) is 9.88. The summed E-state index contributed by atoms with van der Waals surface area (Å²) in [5.74, 6) is 0.705. The van der Waals surface area contributed by atoms with Gasteiger partial charge >= 0.3 is 0 Å². The highest BCUT2D eigenvalue weighted by atomic mass is 19.1. The summed E-state index contributed by atoms with van der Waals surface area (Å²) in [7, 11) is 1.50. The summed E-state index contributed by atoms with van der Waals surface area (Å²) < 4.78 is 32.0. The van der Waals surface area contributed by atoms with Crippen molar-refractivity contribution in [2.24, 2.45) is 0 Å². The minimum atomic E-state index is -0.600. The summed E-state index contributed by atoms with van der Waals surface area (Å²) in [6.07, 6.45) is 2.38. The molecule has 4 atom stereocenters. The molecule has 2 aromatic rings. The van der Waals surface area contributed by atoms with Crippen LogP contribution in [-0.2, 0) is 9.47 Å². The second-order valence-corrected chi connectivity index (χ2v) is 5.73. The van der Waals surface area contributed by atoms with Crippen LogP contribution in [0.4, 0.5) is 4.39 Å². The number of ether oxygens (including phenoxy) is 3. The van der Waals surface area contributed by atoms with E-state index in [4.69, 9.17) is 14.2 Å². The Morgan fingerprint density at radius 3 is 2.96 bits per heavy atom. The van der Waals surface area contributed by atoms with E-state index in [-0.39, 0.29) is 30.7 Å². The summed E-state index contributed by atoms with van der Waals surface area (Å²) in [5.41, 5.74) is 0.695. The lowest BCUT2D eigenvalue weighted by Crippen LogP contribution is -2.30. The molecule has 2 aliphatic heterocycles. The van der Waals surface area contributed by atoms with Gasteiger partial charge in [-0.05, 0) is 12.1 Å². The number of benzene rings is 1. The van der Waals surface area contributed by atoms with E-state index >= 15 is 0 Å². The Labute approximate surface area is 132 Å². The third-order valence-corrected chi connectivity index (χ3v) is 4.43. The first-order valence-electron chi connectivity index (χ1n) is 7.47. The Hall–Kier alpha value is -1.96. The number of fused-ring (bicyclic) bond motifs is 1. The van der Waals surface area contributed by atoms with Crippen LogP contribution in [0.15, 0.2) is 30.6 Å². The van der Waals surface area contributed by atoms with Gasteiger partial charge in [0.25, 0.3) is 0 Å². The lowest BCUT2D eigenvalue weighted by Gasteiger charge is -2.20. The fraction of sp³-hybridized carbons (Fsp3) is 0.438. The molecular formula is C16H17FN2O4. The number of halogens is 1. The second-order valence-electron chi connectivity index (χ2n) is 5.73. The molecule has 3 heterocycles. The summed E-state index contributed by atoms with van der Waals surface area (Å²) in [6, 6.07) is 4.26. The molecule has 1 aromatic carbocycles. The first-order chi connectivity index (χ1) is 11.2. The van der Waals surface area contributed by atoms with Gasteiger partial charge in [0, 0.05) is 18.5 Å². The van der Waals surface area contributed by atoms with Crippen molar-refractivity contribution >= 4 is 0 Å². The molecule has 2 aliphatic rings. The highest BCUT2D eigenvalue weighted by molar-refractivity contribution is 5.64. The first-order valence-corrected chi connectivity index (χ1v) is 7.47. The zero-order valence-electron chi connectivity index (χ0n) is 12.6. The number of nitrogens with zero attached hydrogens (tertiary/aromatic N) is 2. The van der Waals surface area contributed by atoms with Crippen LogP contribution in [0.25, 0.3) is 11.4 Å². The van der Waals surface area contributed by atoms with E-state index < -0.39 is 6.10 Å². The van der Waals surface area contributed by atoms with E-state index in [1.807, 2.05) is 10.8 Å². The van der Waals surface area contributed by atoms with Crippen LogP contribution in [0.1, 0.15) is 6.04 Å². The molecule has 0 spiro atoms. The SMILES string of the molecule is COc1cc(F)ccc1-c1nccn1[C@@H]1CO[C@H]2[C@@H]1OC[C@H]2O. The van der Waals surface area contributed by atoms with Gasteiger partial charge in [-0.25, -0.2) is 9.37 Å². The molecule has 23 heavy (non-hydrogen) atoms. The second kappa shape index (κ2) is 5.59. The minimum absolute atomic E-state index is 0.0931. The molecule has 122 valence electrons. The number of aliphatic hydroxyl groups is 1. The van der Waals surface area contributed by atoms with E-state index in [1.54, 1.807) is 12.3 Å². The highest BCUT2D eigenvalue weighted by Crippen LogP contribution is 2.38. The molecule has 2 fully saturated rings. The Bertz CT molecular complexity index is 720. The molecule has 0 bridgehead atoms. The van der Waals surface area contributed by atoms with E-state index in [1.165, 1.54) is 19.2 Å². The monoisotopic (exact) mass is 320 g/mol. The van der Waals surface area contributed by atoms with Gasteiger partial charge in [0.1, 0.15) is 35.7 Å². The number of rotatable bonds is 3. The number of hydrogen-bond donors (Lipinski definition) is 1. The molecule has 0 saturated carbocycles. The summed E-state index contributed by atoms with van der Waals surface area (Å²) >= 11 is 0. The number of methoxy groups -OCH3 is 1. The minimum Gasteiger partial charge on any atom is -0.496 e. The molecule has 1 aromatic heterocycles. The molecule has 2 saturated heterocycles. The van der Waals surface area contributed by atoms with Crippen LogP contribution in [0.2, 0.25) is 0 Å². The fourth-order valence-corrected chi connectivity index (χ4v) is 3.34. The largest absolute Gasteiger partial charge is 0.496 e. The number of imidazole rings is 1. The maximum atomic E-state index is 13.4. The average Bonchev–Trinajstić information content (AvgIpc) is 3.25. The van der Waals surface area contributed by atoms with Gasteiger partial charge in [0.05, 0.1) is 31.9 Å². The Kier molecular flexibility index (Phi) is 3.56. The van der Waals surface area contributed by atoms with Gasteiger partial charge in [0.2, 0.25) is 0 Å². The topological polar surface area (TPSA) is 65.7 Å². The van der Waals surface area contributed by atoms with Crippen molar-refractivity contribution in [2.45, 2.75) is 24.4 Å². The average molecular weight is 320 g/mol. The molecular weight excluding hydrogens is 303 g/mol. The van der Waals surface area contributed by atoms with E-state index in [2.05, 4.69) is 4.98 Å². The van der Waals surface area contributed by atoms with Crippen molar-refractivity contribution in [2.75, 3.05) is 20.3 Å². The highest BCUT2D eigenvalue weighted by Gasteiger charge is 2.48. The molecule has 4 rings (SSSR count). The number of hydrogen-bond acceptors (Lipinski definition) is 5. The predicted octanol–water partition coefficient (Wildman–Crippen LogP) is 1.40. The Morgan fingerprint density at radius 1 is 1.30 bits per heavy atom. The zero-order valence-corrected chi connectivity index (χ0v) is 12.6. The van der Waals surface area contributed by atoms with Gasteiger partial charge in [-0.2, -0.15) is 0 Å². The van der Waals surface area contributed by atoms with E-state index in [0.29, 0.717) is 23.7 Å². The van der Waals surface area contributed by atoms with Gasteiger partial charge in [-0.15, -0.1) is 0 Å². The molecule has 6 nitrogen and oxygen atoms in total. The van der Waals surface area contributed by atoms with Crippen molar-refractivity contribution < 1.29 is 23.7 Å². The van der Waals surface area contributed by atoms with Crippen LogP contribution in [0.3, 0.4) is 0 Å². The predicted molar refractivity (Wildman–Crippen MR) is 78.7 cm³/mol. The molecule has 0 aliphatic carbocycles. The van der Waals surface area contributed by atoms with Gasteiger partial charge in [0.15, 0.2) is 0 Å². The smallest absolute Gasteiger partial charge is 0.144 e. The summed E-state index contributed by atoms with van der Waals surface area (Å²) in [6.45, 7) is 0.703. The van der Waals surface area contributed by atoms with Gasteiger partial charge < -0.3 is 23.9 Å². The normalized spacial score (nSPS) is 29.7. The zero-order chi connectivity index (χ0) is 16.0. The van der Waals surface area contributed by atoms with Crippen LogP contribution in [-0.4, -0.2) is 53.3 Å². The number of aromatic nitrogens is 2. The van der Waals surface area contributed by atoms with Crippen molar-refractivity contribution in [3.05, 3.63) is 36.4 Å². The fourth-order valence-electron chi connectivity index (χ4n) is 3.34. The lowest BCUT2D eigenvalue weighted by molar-refractivity contribution is 0.0172. The molecule has 7 heteroatoms.